The second kappa shape index (κ2) is 6.47. The van der Waals surface area contributed by atoms with Crippen LogP contribution in [0.3, 0.4) is 0 Å². The standard InChI is InChI=1S/C16H23F2N/c1-2-19-12-16(6-4-3-5-7-16)11-13-8-14(17)10-15(18)9-13/h8-10,19H,2-7,11-12H2,1H3. The van der Waals surface area contributed by atoms with Crippen LogP contribution in [0.4, 0.5) is 8.78 Å². The van der Waals surface area contributed by atoms with Gasteiger partial charge in [0.15, 0.2) is 0 Å². The van der Waals surface area contributed by atoms with Gasteiger partial charge in [0.05, 0.1) is 0 Å². The Labute approximate surface area is 114 Å². The Kier molecular flexibility index (Phi) is 4.92. The summed E-state index contributed by atoms with van der Waals surface area (Å²) in [5.74, 6) is -0.936. The van der Waals surface area contributed by atoms with Crippen molar-refractivity contribution < 1.29 is 8.78 Å². The molecule has 2 rings (SSSR count). The minimum absolute atomic E-state index is 0.175. The molecule has 1 N–H and O–H groups in total. The Morgan fingerprint density at radius 2 is 1.68 bits per heavy atom. The van der Waals surface area contributed by atoms with Gasteiger partial charge in [-0.1, -0.05) is 26.2 Å². The highest BCUT2D eigenvalue weighted by Crippen LogP contribution is 2.39. The van der Waals surface area contributed by atoms with Crippen LogP contribution in [0.15, 0.2) is 18.2 Å². The molecule has 1 saturated carbocycles. The lowest BCUT2D eigenvalue weighted by atomic mass is 9.70. The maximum atomic E-state index is 13.3. The normalized spacial score (nSPS) is 18.5. The molecule has 106 valence electrons. The molecule has 1 aliphatic carbocycles. The van der Waals surface area contributed by atoms with Gasteiger partial charge in [-0.2, -0.15) is 0 Å². The van der Waals surface area contributed by atoms with E-state index in [-0.39, 0.29) is 5.41 Å². The molecule has 0 aliphatic heterocycles. The maximum absolute atomic E-state index is 13.3. The molecule has 3 heteroatoms. The first-order valence-corrected chi connectivity index (χ1v) is 7.29. The van der Waals surface area contributed by atoms with E-state index in [1.165, 1.54) is 31.4 Å². The van der Waals surface area contributed by atoms with Crippen molar-refractivity contribution in [2.75, 3.05) is 13.1 Å². The molecule has 0 heterocycles. The molecular formula is C16H23F2N. The first-order chi connectivity index (χ1) is 9.13. The second-order valence-corrected chi connectivity index (χ2v) is 5.80. The summed E-state index contributed by atoms with van der Waals surface area (Å²) in [5.41, 5.74) is 0.964. The Balaban J connectivity index is 2.14. The molecule has 0 saturated heterocycles. The SMILES string of the molecule is CCNCC1(Cc2cc(F)cc(F)c2)CCCCC1. The van der Waals surface area contributed by atoms with Crippen molar-refractivity contribution >= 4 is 0 Å². The molecule has 19 heavy (non-hydrogen) atoms. The highest BCUT2D eigenvalue weighted by molar-refractivity contribution is 5.20. The van der Waals surface area contributed by atoms with Gasteiger partial charge in [-0.25, -0.2) is 8.78 Å². The van der Waals surface area contributed by atoms with Gasteiger partial charge in [-0.15, -0.1) is 0 Å². The van der Waals surface area contributed by atoms with Crippen molar-refractivity contribution in [2.24, 2.45) is 5.41 Å². The van der Waals surface area contributed by atoms with E-state index >= 15 is 0 Å². The monoisotopic (exact) mass is 267 g/mol. The summed E-state index contributed by atoms with van der Waals surface area (Å²) < 4.78 is 26.6. The van der Waals surface area contributed by atoms with Crippen molar-refractivity contribution in [2.45, 2.75) is 45.4 Å². The molecule has 1 fully saturated rings. The Hall–Kier alpha value is -0.960. The van der Waals surface area contributed by atoms with E-state index in [2.05, 4.69) is 12.2 Å². The van der Waals surface area contributed by atoms with Crippen LogP contribution in [0.1, 0.15) is 44.6 Å². The minimum Gasteiger partial charge on any atom is -0.316 e. The molecule has 0 amide bonds. The van der Waals surface area contributed by atoms with Crippen LogP contribution in [-0.4, -0.2) is 13.1 Å². The number of rotatable bonds is 5. The third kappa shape index (κ3) is 4.00. The van der Waals surface area contributed by atoms with Crippen molar-refractivity contribution in [3.8, 4) is 0 Å². The zero-order chi connectivity index (χ0) is 13.7. The second-order valence-electron chi connectivity index (χ2n) is 5.80. The smallest absolute Gasteiger partial charge is 0.126 e. The van der Waals surface area contributed by atoms with Gasteiger partial charge >= 0.3 is 0 Å². The molecule has 0 spiro atoms. The zero-order valence-electron chi connectivity index (χ0n) is 11.6. The molecule has 1 nitrogen and oxygen atoms in total. The molecule has 0 unspecified atom stereocenters. The topological polar surface area (TPSA) is 12.0 Å². The van der Waals surface area contributed by atoms with Gasteiger partial charge in [-0.05, 0) is 48.9 Å². The van der Waals surface area contributed by atoms with Gasteiger partial charge in [0.2, 0.25) is 0 Å². The van der Waals surface area contributed by atoms with Crippen LogP contribution >= 0.6 is 0 Å². The third-order valence-corrected chi connectivity index (χ3v) is 4.17. The fourth-order valence-corrected chi connectivity index (χ4v) is 3.25. The van der Waals surface area contributed by atoms with Crippen molar-refractivity contribution in [1.29, 1.82) is 0 Å². The maximum Gasteiger partial charge on any atom is 0.126 e. The van der Waals surface area contributed by atoms with E-state index in [4.69, 9.17) is 0 Å². The average Bonchev–Trinajstić information content (AvgIpc) is 2.36. The lowest BCUT2D eigenvalue weighted by Crippen LogP contribution is -2.38. The molecule has 0 atom stereocenters. The van der Waals surface area contributed by atoms with E-state index in [1.807, 2.05) is 0 Å². The Morgan fingerprint density at radius 3 is 2.26 bits per heavy atom. The predicted molar refractivity (Wildman–Crippen MR) is 74.1 cm³/mol. The summed E-state index contributed by atoms with van der Waals surface area (Å²) in [6, 6.07) is 3.90. The fourth-order valence-electron chi connectivity index (χ4n) is 3.25. The quantitative estimate of drug-likeness (QED) is 0.848. The lowest BCUT2D eigenvalue weighted by Gasteiger charge is -2.38. The lowest BCUT2D eigenvalue weighted by molar-refractivity contribution is 0.181. The van der Waals surface area contributed by atoms with Crippen LogP contribution in [0.5, 0.6) is 0 Å². The van der Waals surface area contributed by atoms with Crippen molar-refractivity contribution in [3.05, 3.63) is 35.4 Å². The van der Waals surface area contributed by atoms with Gasteiger partial charge in [0.25, 0.3) is 0 Å². The van der Waals surface area contributed by atoms with Crippen LogP contribution in [0.25, 0.3) is 0 Å². The molecule has 0 aromatic heterocycles. The summed E-state index contributed by atoms with van der Waals surface area (Å²) in [4.78, 5) is 0. The summed E-state index contributed by atoms with van der Waals surface area (Å²) in [6.45, 7) is 3.99. The molecule has 0 bridgehead atoms. The molecule has 1 aliphatic rings. The van der Waals surface area contributed by atoms with Gasteiger partial charge in [0.1, 0.15) is 11.6 Å². The largest absolute Gasteiger partial charge is 0.316 e. The van der Waals surface area contributed by atoms with Gasteiger partial charge < -0.3 is 5.32 Å². The van der Waals surface area contributed by atoms with Crippen LogP contribution in [-0.2, 0) is 6.42 Å². The van der Waals surface area contributed by atoms with Crippen molar-refractivity contribution in [3.63, 3.8) is 0 Å². The first-order valence-electron chi connectivity index (χ1n) is 7.29. The third-order valence-electron chi connectivity index (χ3n) is 4.17. The number of nitrogens with one attached hydrogen (secondary N) is 1. The number of halogens is 2. The van der Waals surface area contributed by atoms with E-state index in [9.17, 15) is 8.78 Å². The summed E-state index contributed by atoms with van der Waals surface area (Å²) in [7, 11) is 0. The van der Waals surface area contributed by atoms with Gasteiger partial charge in [0, 0.05) is 12.6 Å². The minimum atomic E-state index is -0.468. The van der Waals surface area contributed by atoms with E-state index in [0.29, 0.717) is 0 Å². The Morgan fingerprint density at radius 1 is 1.05 bits per heavy atom. The Bertz CT molecular complexity index is 391. The zero-order valence-corrected chi connectivity index (χ0v) is 11.6. The summed E-state index contributed by atoms with van der Waals surface area (Å²) >= 11 is 0. The highest BCUT2D eigenvalue weighted by Gasteiger charge is 2.31. The molecule has 0 radical (unpaired) electrons. The number of hydrogen-bond acceptors (Lipinski definition) is 1. The predicted octanol–water partition coefficient (Wildman–Crippen LogP) is 4.07. The molecule has 1 aromatic rings. The van der Waals surface area contributed by atoms with E-state index in [0.717, 1.165) is 44.0 Å². The molecule has 1 aromatic carbocycles. The number of benzene rings is 1. The van der Waals surface area contributed by atoms with Crippen LogP contribution in [0, 0.1) is 17.0 Å². The van der Waals surface area contributed by atoms with E-state index in [1.54, 1.807) is 0 Å². The summed E-state index contributed by atoms with van der Waals surface area (Å²) in [6.07, 6.45) is 6.81. The number of hydrogen-bond donors (Lipinski definition) is 1. The highest BCUT2D eigenvalue weighted by atomic mass is 19.1. The van der Waals surface area contributed by atoms with Crippen molar-refractivity contribution in [1.82, 2.24) is 5.32 Å². The average molecular weight is 267 g/mol. The summed E-state index contributed by atoms with van der Waals surface area (Å²) in [5, 5.41) is 3.42. The van der Waals surface area contributed by atoms with E-state index < -0.39 is 11.6 Å². The van der Waals surface area contributed by atoms with Gasteiger partial charge in [-0.3, -0.25) is 0 Å². The molecular weight excluding hydrogens is 244 g/mol. The van der Waals surface area contributed by atoms with Crippen LogP contribution in [0.2, 0.25) is 0 Å². The fraction of sp³-hybridized carbons (Fsp3) is 0.625. The van der Waals surface area contributed by atoms with Crippen LogP contribution < -0.4 is 5.32 Å². The first kappa shape index (κ1) is 14.4.